The summed E-state index contributed by atoms with van der Waals surface area (Å²) in [5.74, 6) is -0.545. The first-order chi connectivity index (χ1) is 15.0. The number of carbonyl (C=O) groups excluding carboxylic acids is 2. The normalized spacial score (nSPS) is 11.3. The summed E-state index contributed by atoms with van der Waals surface area (Å²) in [5.41, 5.74) is 9.95. The van der Waals surface area contributed by atoms with Gasteiger partial charge in [-0.3, -0.25) is 9.59 Å². The Morgan fingerprint density at radius 3 is 2.77 bits per heavy atom. The van der Waals surface area contributed by atoms with Gasteiger partial charge in [0.25, 0.3) is 5.91 Å². The van der Waals surface area contributed by atoms with Gasteiger partial charge in [0.2, 0.25) is 5.91 Å². The van der Waals surface area contributed by atoms with Crippen LogP contribution in [0, 0.1) is 13.8 Å². The predicted octanol–water partition coefficient (Wildman–Crippen LogP) is 2.54. The summed E-state index contributed by atoms with van der Waals surface area (Å²) >= 11 is 0. The summed E-state index contributed by atoms with van der Waals surface area (Å²) in [5, 5.41) is 8.45. The van der Waals surface area contributed by atoms with Gasteiger partial charge < -0.3 is 15.6 Å². The molecule has 0 saturated heterocycles. The number of benzene rings is 1. The number of fused-ring (bicyclic) bond motifs is 2. The molecule has 0 unspecified atom stereocenters. The Bertz CT molecular complexity index is 1270. The van der Waals surface area contributed by atoms with Crippen LogP contribution in [0.25, 0.3) is 16.6 Å². The third-order valence-corrected chi connectivity index (χ3v) is 5.65. The number of nitrogens with zero attached hydrogens (tertiary/aromatic N) is 4. The molecule has 0 saturated carbocycles. The zero-order chi connectivity index (χ0) is 22.0. The van der Waals surface area contributed by atoms with E-state index in [1.807, 2.05) is 26.0 Å². The standard InChI is InChI=1S/C23H26N6O2/c1-15-18(16(2)29-23(27-15)19(14-26-29)22(24)31)8-9-21(30)25-11-5-12-28-13-10-17-6-3-4-7-20(17)28/h3-4,6-7,10,13-14H,5,8-9,11-12H2,1-2H3,(H2,24,31)(H,25,30). The van der Waals surface area contributed by atoms with E-state index in [9.17, 15) is 9.59 Å². The molecule has 4 rings (SSSR count). The average Bonchev–Trinajstić information content (AvgIpc) is 3.35. The van der Waals surface area contributed by atoms with Crippen molar-refractivity contribution in [2.75, 3.05) is 6.54 Å². The fourth-order valence-electron chi connectivity index (χ4n) is 3.99. The van der Waals surface area contributed by atoms with Crippen LogP contribution in [-0.2, 0) is 17.8 Å². The van der Waals surface area contributed by atoms with E-state index < -0.39 is 5.91 Å². The quantitative estimate of drug-likeness (QED) is 0.429. The molecule has 3 aromatic heterocycles. The van der Waals surface area contributed by atoms with Gasteiger partial charge in [0.15, 0.2) is 5.65 Å². The van der Waals surface area contributed by atoms with Gasteiger partial charge >= 0.3 is 0 Å². The summed E-state index contributed by atoms with van der Waals surface area (Å²) in [4.78, 5) is 28.4. The molecular weight excluding hydrogens is 392 g/mol. The zero-order valence-electron chi connectivity index (χ0n) is 17.8. The molecule has 3 heterocycles. The molecule has 0 fully saturated rings. The molecule has 4 aromatic rings. The molecule has 160 valence electrons. The summed E-state index contributed by atoms with van der Waals surface area (Å²) < 4.78 is 3.82. The second kappa shape index (κ2) is 8.59. The van der Waals surface area contributed by atoms with Gasteiger partial charge in [-0.1, -0.05) is 18.2 Å². The smallest absolute Gasteiger partial charge is 0.254 e. The lowest BCUT2D eigenvalue weighted by atomic mass is 10.1. The Morgan fingerprint density at radius 1 is 1.16 bits per heavy atom. The van der Waals surface area contributed by atoms with Crippen molar-refractivity contribution < 1.29 is 9.59 Å². The summed E-state index contributed by atoms with van der Waals surface area (Å²) in [6, 6.07) is 10.4. The lowest BCUT2D eigenvalue weighted by Gasteiger charge is -2.12. The average molecular weight is 419 g/mol. The number of primary amides is 1. The first-order valence-electron chi connectivity index (χ1n) is 10.4. The number of para-hydroxylation sites is 1. The Balaban J connectivity index is 1.31. The molecule has 0 spiro atoms. The first-order valence-corrected chi connectivity index (χ1v) is 10.4. The number of aromatic nitrogens is 4. The van der Waals surface area contributed by atoms with Crippen LogP contribution in [0.4, 0.5) is 0 Å². The maximum atomic E-state index is 12.3. The Hall–Kier alpha value is -3.68. The molecule has 0 aliphatic rings. The van der Waals surface area contributed by atoms with E-state index in [1.54, 1.807) is 4.52 Å². The van der Waals surface area contributed by atoms with Crippen LogP contribution < -0.4 is 11.1 Å². The van der Waals surface area contributed by atoms with Gasteiger partial charge in [0, 0.05) is 42.6 Å². The highest BCUT2D eigenvalue weighted by molar-refractivity contribution is 5.98. The van der Waals surface area contributed by atoms with E-state index in [0.717, 1.165) is 29.9 Å². The molecule has 8 nitrogen and oxygen atoms in total. The van der Waals surface area contributed by atoms with Crippen molar-refractivity contribution in [3.05, 3.63) is 65.2 Å². The fourth-order valence-corrected chi connectivity index (χ4v) is 3.99. The predicted molar refractivity (Wildman–Crippen MR) is 119 cm³/mol. The number of nitrogens with two attached hydrogens (primary N) is 1. The van der Waals surface area contributed by atoms with E-state index in [4.69, 9.17) is 5.73 Å². The van der Waals surface area contributed by atoms with Crippen molar-refractivity contribution >= 4 is 28.4 Å². The van der Waals surface area contributed by atoms with Crippen molar-refractivity contribution in [1.82, 2.24) is 24.5 Å². The Labute approximate surface area is 180 Å². The number of amides is 2. The van der Waals surface area contributed by atoms with Gasteiger partial charge in [-0.25, -0.2) is 9.50 Å². The van der Waals surface area contributed by atoms with Gasteiger partial charge in [-0.05, 0) is 49.8 Å². The zero-order valence-corrected chi connectivity index (χ0v) is 17.8. The molecule has 0 aliphatic heterocycles. The van der Waals surface area contributed by atoms with Crippen molar-refractivity contribution in [3.8, 4) is 0 Å². The monoisotopic (exact) mass is 418 g/mol. The second-order valence-electron chi connectivity index (χ2n) is 7.69. The minimum Gasteiger partial charge on any atom is -0.365 e. The fraction of sp³-hybridized carbons (Fsp3) is 0.304. The highest BCUT2D eigenvalue weighted by Crippen LogP contribution is 2.18. The topological polar surface area (TPSA) is 107 Å². The van der Waals surface area contributed by atoms with Crippen LogP contribution in [0.2, 0.25) is 0 Å². The summed E-state index contributed by atoms with van der Waals surface area (Å²) in [6.45, 7) is 5.27. The highest BCUT2D eigenvalue weighted by atomic mass is 16.1. The molecule has 0 aliphatic carbocycles. The van der Waals surface area contributed by atoms with Crippen LogP contribution in [0.3, 0.4) is 0 Å². The van der Waals surface area contributed by atoms with E-state index in [1.165, 1.54) is 17.1 Å². The highest BCUT2D eigenvalue weighted by Gasteiger charge is 2.17. The molecule has 2 amide bonds. The summed E-state index contributed by atoms with van der Waals surface area (Å²) in [7, 11) is 0. The molecule has 3 N–H and O–H groups in total. The van der Waals surface area contributed by atoms with E-state index in [-0.39, 0.29) is 5.91 Å². The van der Waals surface area contributed by atoms with Crippen LogP contribution >= 0.6 is 0 Å². The third-order valence-electron chi connectivity index (χ3n) is 5.65. The van der Waals surface area contributed by atoms with Gasteiger partial charge in [-0.15, -0.1) is 0 Å². The number of aryl methyl sites for hydroxylation is 3. The first kappa shape index (κ1) is 20.6. The van der Waals surface area contributed by atoms with Gasteiger partial charge in [0.1, 0.15) is 5.56 Å². The largest absolute Gasteiger partial charge is 0.365 e. The molecule has 0 bridgehead atoms. The Morgan fingerprint density at radius 2 is 1.97 bits per heavy atom. The minimum absolute atomic E-state index is 0.00884. The number of hydrogen-bond donors (Lipinski definition) is 2. The van der Waals surface area contributed by atoms with Crippen LogP contribution in [0.15, 0.2) is 42.7 Å². The van der Waals surface area contributed by atoms with Crippen LogP contribution in [0.5, 0.6) is 0 Å². The number of nitrogens with one attached hydrogen (secondary N) is 1. The van der Waals surface area contributed by atoms with E-state index >= 15 is 0 Å². The number of carbonyl (C=O) groups is 2. The minimum atomic E-state index is -0.554. The molecule has 8 heteroatoms. The molecule has 1 aromatic carbocycles. The van der Waals surface area contributed by atoms with Gasteiger partial charge in [0.05, 0.1) is 6.20 Å². The van der Waals surface area contributed by atoms with Crippen molar-refractivity contribution in [2.45, 2.75) is 39.7 Å². The van der Waals surface area contributed by atoms with Crippen LogP contribution in [0.1, 0.15) is 40.2 Å². The maximum absolute atomic E-state index is 12.3. The number of rotatable bonds is 8. The maximum Gasteiger partial charge on any atom is 0.254 e. The molecule has 31 heavy (non-hydrogen) atoms. The lowest BCUT2D eigenvalue weighted by molar-refractivity contribution is -0.121. The lowest BCUT2D eigenvalue weighted by Crippen LogP contribution is -2.25. The SMILES string of the molecule is Cc1nc2c(C(N)=O)cnn2c(C)c1CCC(=O)NCCCn1ccc2ccccc21. The van der Waals surface area contributed by atoms with Crippen LogP contribution in [-0.4, -0.2) is 37.5 Å². The Kier molecular flexibility index (Phi) is 5.70. The molecule has 0 atom stereocenters. The van der Waals surface area contributed by atoms with Crippen molar-refractivity contribution in [2.24, 2.45) is 5.73 Å². The van der Waals surface area contributed by atoms with Gasteiger partial charge in [-0.2, -0.15) is 5.10 Å². The summed E-state index contributed by atoms with van der Waals surface area (Å²) in [6.07, 6.45) is 5.30. The molecule has 0 radical (unpaired) electrons. The van der Waals surface area contributed by atoms with E-state index in [2.05, 4.69) is 44.4 Å². The molecular formula is C23H26N6O2. The number of hydrogen-bond acceptors (Lipinski definition) is 4. The third kappa shape index (κ3) is 4.14. The van der Waals surface area contributed by atoms with Crippen molar-refractivity contribution in [1.29, 1.82) is 0 Å². The van der Waals surface area contributed by atoms with E-state index in [0.29, 0.717) is 30.6 Å². The van der Waals surface area contributed by atoms with Crippen molar-refractivity contribution in [3.63, 3.8) is 0 Å². The second-order valence-corrected chi connectivity index (χ2v) is 7.69.